The Morgan fingerprint density at radius 2 is 1.68 bits per heavy atom. The monoisotopic (exact) mass is 486 g/mol. The number of fused-ring (bicyclic) bond motifs is 3. The average molecular weight is 487 g/mol. The molecule has 0 aliphatic rings. The average Bonchev–Trinajstić information content (AvgIpc) is 3.31. The zero-order valence-corrected chi connectivity index (χ0v) is 20.7. The van der Waals surface area contributed by atoms with E-state index < -0.39 is 0 Å². The summed E-state index contributed by atoms with van der Waals surface area (Å²) in [5.74, 6) is 1.90. The van der Waals surface area contributed by atoms with Crippen LogP contribution in [0.15, 0.2) is 102 Å². The van der Waals surface area contributed by atoms with Gasteiger partial charge < -0.3 is 14.4 Å². The molecule has 0 aliphatic carbocycles. The maximum atomic E-state index is 10.6. The van der Waals surface area contributed by atoms with Gasteiger partial charge in [0.2, 0.25) is 0 Å². The molecule has 6 aromatic rings. The number of rotatable bonds is 6. The molecule has 0 saturated carbocycles. The fourth-order valence-electron chi connectivity index (χ4n) is 4.60. The van der Waals surface area contributed by atoms with Crippen molar-refractivity contribution in [2.24, 2.45) is 5.92 Å². The Balaban J connectivity index is 1.58. The highest BCUT2D eigenvalue weighted by Gasteiger charge is 2.20. The number of benzene rings is 3. The van der Waals surface area contributed by atoms with Gasteiger partial charge in [0.25, 0.3) is 0 Å². The molecule has 0 unspecified atom stereocenters. The molecule has 182 valence electrons. The number of hydrogen-bond donors (Lipinski definition) is 1. The molecule has 3 heterocycles. The van der Waals surface area contributed by atoms with Gasteiger partial charge >= 0.3 is 0 Å². The fraction of sp³-hybridized carbons (Fsp3) is 0.129. The minimum Gasteiger partial charge on any atom is -0.507 e. The predicted molar refractivity (Wildman–Crippen MR) is 148 cm³/mol. The van der Waals surface area contributed by atoms with Crippen LogP contribution in [0.3, 0.4) is 0 Å². The highest BCUT2D eigenvalue weighted by Crippen LogP contribution is 2.38. The lowest BCUT2D eigenvalue weighted by molar-refractivity contribution is 0.477. The zero-order chi connectivity index (χ0) is 25.4. The summed E-state index contributed by atoms with van der Waals surface area (Å²) in [6.07, 6.45) is 1.81. The van der Waals surface area contributed by atoms with E-state index in [2.05, 4.69) is 35.9 Å². The third kappa shape index (κ3) is 4.27. The Morgan fingerprint density at radius 3 is 2.49 bits per heavy atom. The third-order valence-corrected chi connectivity index (χ3v) is 6.27. The first-order valence-electron chi connectivity index (χ1n) is 12.3. The second kappa shape index (κ2) is 9.39. The molecule has 0 atom stereocenters. The van der Waals surface area contributed by atoms with E-state index in [9.17, 15) is 5.11 Å². The zero-order valence-electron chi connectivity index (χ0n) is 20.7. The Morgan fingerprint density at radius 1 is 0.865 bits per heavy atom. The van der Waals surface area contributed by atoms with Gasteiger partial charge in [-0.05, 0) is 54.4 Å². The van der Waals surface area contributed by atoms with Crippen LogP contribution in [0.1, 0.15) is 13.8 Å². The van der Waals surface area contributed by atoms with E-state index in [1.165, 1.54) is 0 Å². The van der Waals surface area contributed by atoms with E-state index in [0.29, 0.717) is 34.1 Å². The molecule has 3 aromatic carbocycles. The number of anilines is 2. The summed E-state index contributed by atoms with van der Waals surface area (Å²) in [5, 5.41) is 11.5. The number of furan rings is 1. The minimum absolute atomic E-state index is 0.132. The Kier molecular flexibility index (Phi) is 5.77. The lowest BCUT2D eigenvalue weighted by atomic mass is 10.1. The van der Waals surface area contributed by atoms with Crippen LogP contribution in [0.2, 0.25) is 0 Å². The Hall–Kier alpha value is -4.71. The molecular formula is C31H26N4O2. The smallest absolute Gasteiger partial charge is 0.180 e. The number of pyridine rings is 1. The van der Waals surface area contributed by atoms with E-state index in [1.807, 2.05) is 72.9 Å². The van der Waals surface area contributed by atoms with Gasteiger partial charge in [-0.25, -0.2) is 15.0 Å². The summed E-state index contributed by atoms with van der Waals surface area (Å²) in [5.41, 5.74) is 5.23. The van der Waals surface area contributed by atoms with Crippen molar-refractivity contribution in [3.63, 3.8) is 0 Å². The molecule has 37 heavy (non-hydrogen) atoms. The standard InChI is InChI=1S/C31H26N4O2/c1-20(2)19-35(27-16-7-8-17-32-27)22-11-9-10-21(18-22)28-30-29(24-13-4-6-15-26(24)37-30)34-31(33-28)23-12-3-5-14-25(23)36/h3-18,20,36H,19H2,1-2H3. The largest absolute Gasteiger partial charge is 0.507 e. The summed E-state index contributed by atoms with van der Waals surface area (Å²) in [6, 6.07) is 29.2. The maximum Gasteiger partial charge on any atom is 0.180 e. The van der Waals surface area contributed by atoms with Gasteiger partial charge in [0.05, 0.1) is 5.56 Å². The van der Waals surface area contributed by atoms with Gasteiger partial charge in [-0.3, -0.25) is 0 Å². The molecule has 0 spiro atoms. The van der Waals surface area contributed by atoms with Crippen molar-refractivity contribution < 1.29 is 9.52 Å². The van der Waals surface area contributed by atoms with Crippen molar-refractivity contribution in [2.45, 2.75) is 13.8 Å². The van der Waals surface area contributed by atoms with Crippen LogP contribution in [0.25, 0.3) is 44.7 Å². The van der Waals surface area contributed by atoms with Crippen LogP contribution in [-0.4, -0.2) is 26.6 Å². The van der Waals surface area contributed by atoms with Gasteiger partial charge in [0.15, 0.2) is 11.4 Å². The molecule has 0 radical (unpaired) electrons. The second-order valence-corrected chi connectivity index (χ2v) is 9.43. The molecular weight excluding hydrogens is 460 g/mol. The molecule has 0 aliphatic heterocycles. The van der Waals surface area contributed by atoms with Gasteiger partial charge in [-0.15, -0.1) is 0 Å². The van der Waals surface area contributed by atoms with Crippen LogP contribution in [0.4, 0.5) is 11.5 Å². The molecule has 0 fully saturated rings. The number of aromatic nitrogens is 3. The number of nitrogens with zero attached hydrogens (tertiary/aromatic N) is 4. The van der Waals surface area contributed by atoms with Crippen molar-refractivity contribution in [2.75, 3.05) is 11.4 Å². The quantitative estimate of drug-likeness (QED) is 0.261. The molecule has 0 bridgehead atoms. The first-order valence-corrected chi connectivity index (χ1v) is 12.3. The van der Waals surface area contributed by atoms with Crippen LogP contribution in [0.5, 0.6) is 5.75 Å². The van der Waals surface area contributed by atoms with E-state index in [4.69, 9.17) is 14.4 Å². The molecule has 0 saturated heterocycles. The molecule has 0 amide bonds. The van der Waals surface area contributed by atoms with Crippen molar-refractivity contribution in [3.05, 3.63) is 97.2 Å². The van der Waals surface area contributed by atoms with Crippen molar-refractivity contribution >= 4 is 33.6 Å². The minimum atomic E-state index is 0.132. The summed E-state index contributed by atoms with van der Waals surface area (Å²) >= 11 is 0. The highest BCUT2D eigenvalue weighted by atomic mass is 16.3. The van der Waals surface area contributed by atoms with Crippen LogP contribution >= 0.6 is 0 Å². The lowest BCUT2D eigenvalue weighted by Gasteiger charge is -2.26. The topological polar surface area (TPSA) is 75.3 Å². The summed E-state index contributed by atoms with van der Waals surface area (Å²) < 4.78 is 6.30. The molecule has 1 N–H and O–H groups in total. The van der Waals surface area contributed by atoms with Crippen LogP contribution in [0, 0.1) is 5.92 Å². The number of aromatic hydroxyl groups is 1. The van der Waals surface area contributed by atoms with Crippen molar-refractivity contribution in [1.29, 1.82) is 0 Å². The van der Waals surface area contributed by atoms with E-state index in [-0.39, 0.29) is 5.75 Å². The maximum absolute atomic E-state index is 10.6. The Labute approximate surface area is 214 Å². The summed E-state index contributed by atoms with van der Waals surface area (Å²) in [4.78, 5) is 16.6. The number of phenols is 1. The molecule has 3 aromatic heterocycles. The fourth-order valence-corrected chi connectivity index (χ4v) is 4.60. The predicted octanol–water partition coefficient (Wildman–Crippen LogP) is 7.60. The highest BCUT2D eigenvalue weighted by molar-refractivity contribution is 6.07. The number of para-hydroxylation sites is 2. The summed E-state index contributed by atoms with van der Waals surface area (Å²) in [6.45, 7) is 5.20. The van der Waals surface area contributed by atoms with Crippen molar-refractivity contribution in [3.8, 4) is 28.4 Å². The van der Waals surface area contributed by atoms with E-state index in [1.54, 1.807) is 12.1 Å². The SMILES string of the molecule is CC(C)CN(c1cccc(-c2nc(-c3ccccc3O)nc3c2oc2ccccc23)c1)c1ccccn1. The third-order valence-electron chi connectivity index (χ3n) is 6.27. The summed E-state index contributed by atoms with van der Waals surface area (Å²) in [7, 11) is 0. The van der Waals surface area contributed by atoms with E-state index in [0.717, 1.165) is 34.6 Å². The van der Waals surface area contributed by atoms with Gasteiger partial charge in [0.1, 0.15) is 28.4 Å². The van der Waals surface area contributed by atoms with Gasteiger partial charge in [-0.1, -0.05) is 56.3 Å². The number of phenolic OH excluding ortho intramolecular Hbond substituents is 1. The Bertz CT molecular complexity index is 1710. The molecule has 6 rings (SSSR count). The van der Waals surface area contributed by atoms with Crippen molar-refractivity contribution in [1.82, 2.24) is 15.0 Å². The lowest BCUT2D eigenvalue weighted by Crippen LogP contribution is -2.23. The normalized spacial score (nSPS) is 11.4. The van der Waals surface area contributed by atoms with Gasteiger partial charge in [-0.2, -0.15) is 0 Å². The number of hydrogen-bond acceptors (Lipinski definition) is 6. The van der Waals surface area contributed by atoms with Crippen LogP contribution < -0.4 is 4.90 Å². The first-order chi connectivity index (χ1) is 18.1. The second-order valence-electron chi connectivity index (χ2n) is 9.43. The van der Waals surface area contributed by atoms with E-state index >= 15 is 0 Å². The molecule has 6 nitrogen and oxygen atoms in total. The van der Waals surface area contributed by atoms with Crippen LogP contribution in [-0.2, 0) is 0 Å². The first kappa shape index (κ1) is 22.7. The van der Waals surface area contributed by atoms with Gasteiger partial charge in [0, 0.05) is 29.4 Å². The molecule has 6 heteroatoms.